The molecule has 21 heavy (non-hydrogen) atoms. The lowest BCUT2D eigenvalue weighted by molar-refractivity contribution is 0.603. The molecule has 0 atom stereocenters. The molecule has 0 spiro atoms. The summed E-state index contributed by atoms with van der Waals surface area (Å²) in [5.74, 6) is 0. The summed E-state index contributed by atoms with van der Waals surface area (Å²) in [6.07, 6.45) is 11.9. The first-order chi connectivity index (χ1) is 10.4. The third kappa shape index (κ3) is 3.76. The molecule has 2 aromatic rings. The highest BCUT2D eigenvalue weighted by molar-refractivity contribution is 5.83. The zero-order valence-electron chi connectivity index (χ0n) is 12.9. The second-order valence-electron chi connectivity index (χ2n) is 6.15. The molecule has 1 saturated carbocycles. The minimum atomic E-state index is 0.771. The van der Waals surface area contributed by atoms with Gasteiger partial charge in [-0.05, 0) is 49.8 Å². The largest absolute Gasteiger partial charge is 0.347 e. The van der Waals surface area contributed by atoms with Crippen LogP contribution in [-0.2, 0) is 13.1 Å². The number of fused-ring (bicyclic) bond motifs is 1. The predicted molar refractivity (Wildman–Crippen MR) is 90.5 cm³/mol. The van der Waals surface area contributed by atoms with Crippen molar-refractivity contribution < 1.29 is 0 Å². The Balaban J connectivity index is 1.63. The second-order valence-corrected chi connectivity index (χ2v) is 6.15. The van der Waals surface area contributed by atoms with Crippen LogP contribution in [0.2, 0.25) is 0 Å². The number of hydrogen-bond donors (Lipinski definition) is 1. The van der Waals surface area contributed by atoms with Crippen molar-refractivity contribution in [3.63, 3.8) is 0 Å². The Morgan fingerprint density at radius 3 is 2.90 bits per heavy atom. The van der Waals surface area contributed by atoms with Gasteiger partial charge in [0.25, 0.3) is 0 Å². The van der Waals surface area contributed by atoms with Crippen LogP contribution in [0.3, 0.4) is 0 Å². The summed E-state index contributed by atoms with van der Waals surface area (Å²) in [6, 6.07) is 9.75. The van der Waals surface area contributed by atoms with Crippen molar-refractivity contribution in [1.82, 2.24) is 9.88 Å². The fraction of sp³-hybridized carbons (Fsp3) is 0.474. The Hall–Kier alpha value is -1.54. The minimum Gasteiger partial charge on any atom is -0.347 e. The van der Waals surface area contributed by atoms with Crippen LogP contribution in [0, 0.1) is 0 Å². The molecule has 0 saturated heterocycles. The summed E-state index contributed by atoms with van der Waals surface area (Å²) in [5, 5.41) is 5.04. The van der Waals surface area contributed by atoms with Gasteiger partial charge in [0.05, 0.1) is 0 Å². The van der Waals surface area contributed by atoms with Gasteiger partial charge in [0.2, 0.25) is 0 Å². The summed E-state index contributed by atoms with van der Waals surface area (Å²) in [6.45, 7) is 5.91. The lowest BCUT2D eigenvalue weighted by Crippen LogP contribution is -2.15. The number of rotatable bonds is 9. The Morgan fingerprint density at radius 1 is 1.19 bits per heavy atom. The van der Waals surface area contributed by atoms with Gasteiger partial charge in [-0.1, -0.05) is 24.6 Å². The van der Waals surface area contributed by atoms with E-state index in [4.69, 9.17) is 0 Å². The van der Waals surface area contributed by atoms with Crippen LogP contribution in [0.5, 0.6) is 0 Å². The van der Waals surface area contributed by atoms with Crippen molar-refractivity contribution in [3.05, 3.63) is 48.7 Å². The molecule has 0 radical (unpaired) electrons. The summed E-state index contributed by atoms with van der Waals surface area (Å²) in [5.41, 5.74) is 2.82. The number of nitrogens with one attached hydrogen (secondary N) is 1. The zero-order chi connectivity index (χ0) is 14.5. The predicted octanol–water partition coefficient (Wildman–Crippen LogP) is 4.64. The molecular weight excluding hydrogens is 256 g/mol. The highest BCUT2D eigenvalue weighted by atomic mass is 15.0. The molecule has 0 amide bonds. The van der Waals surface area contributed by atoms with Crippen LogP contribution < -0.4 is 5.32 Å². The quantitative estimate of drug-likeness (QED) is 0.524. The first-order valence-corrected chi connectivity index (χ1v) is 8.29. The van der Waals surface area contributed by atoms with Crippen LogP contribution in [0.25, 0.3) is 10.9 Å². The number of allylic oxidation sites excluding steroid dienone is 1. The first-order valence-electron chi connectivity index (χ1n) is 8.29. The molecule has 112 valence electrons. The smallest absolute Gasteiger partial charge is 0.0483 e. The lowest BCUT2D eigenvalue weighted by atomic mass is 10.1. The monoisotopic (exact) mass is 282 g/mol. The van der Waals surface area contributed by atoms with Crippen LogP contribution >= 0.6 is 0 Å². The third-order valence-corrected chi connectivity index (χ3v) is 4.37. The maximum absolute atomic E-state index is 3.78. The summed E-state index contributed by atoms with van der Waals surface area (Å²) in [7, 11) is 0. The minimum absolute atomic E-state index is 0.771. The van der Waals surface area contributed by atoms with Gasteiger partial charge in [0, 0.05) is 36.2 Å². The molecule has 0 aliphatic heterocycles. The summed E-state index contributed by atoms with van der Waals surface area (Å²) in [4.78, 5) is 0. The van der Waals surface area contributed by atoms with E-state index in [2.05, 4.69) is 46.9 Å². The van der Waals surface area contributed by atoms with Crippen molar-refractivity contribution in [2.24, 2.45) is 0 Å². The van der Waals surface area contributed by atoms with E-state index >= 15 is 0 Å². The molecule has 1 aromatic carbocycles. The highest BCUT2D eigenvalue weighted by Gasteiger charge is 2.20. The SMILES string of the molecule is C=CCCCCCn1ccc2c(CNC3CC3)cccc21. The topological polar surface area (TPSA) is 17.0 Å². The molecule has 1 heterocycles. The van der Waals surface area contributed by atoms with Crippen molar-refractivity contribution in [2.45, 2.75) is 57.7 Å². The van der Waals surface area contributed by atoms with Gasteiger partial charge in [-0.3, -0.25) is 0 Å². The first kappa shape index (κ1) is 14.4. The molecular formula is C19H26N2. The van der Waals surface area contributed by atoms with E-state index in [0.29, 0.717) is 0 Å². The van der Waals surface area contributed by atoms with E-state index in [1.165, 1.54) is 48.6 Å². The molecule has 0 bridgehead atoms. The average Bonchev–Trinajstić information content (AvgIpc) is 3.25. The number of aryl methyl sites for hydroxylation is 1. The number of aromatic nitrogens is 1. The van der Waals surface area contributed by atoms with Gasteiger partial charge in [-0.25, -0.2) is 0 Å². The number of nitrogens with zero attached hydrogens (tertiary/aromatic N) is 1. The standard InChI is InChI=1S/C19H26N2/c1-2-3-4-5-6-13-21-14-12-18-16(8-7-9-19(18)21)15-20-17-10-11-17/h2,7-9,12,14,17,20H,1,3-6,10-11,13,15H2. The molecule has 0 unspecified atom stereocenters. The molecule has 1 aromatic heterocycles. The van der Waals surface area contributed by atoms with Crippen molar-refractivity contribution in [1.29, 1.82) is 0 Å². The molecule has 1 aliphatic rings. The van der Waals surface area contributed by atoms with Gasteiger partial charge in [0.1, 0.15) is 0 Å². The van der Waals surface area contributed by atoms with Crippen LogP contribution in [0.4, 0.5) is 0 Å². The van der Waals surface area contributed by atoms with Gasteiger partial charge in [-0.2, -0.15) is 0 Å². The Bertz CT molecular complexity index is 593. The number of benzene rings is 1. The highest BCUT2D eigenvalue weighted by Crippen LogP contribution is 2.23. The van der Waals surface area contributed by atoms with E-state index in [9.17, 15) is 0 Å². The van der Waals surface area contributed by atoms with Crippen molar-refractivity contribution in [3.8, 4) is 0 Å². The summed E-state index contributed by atoms with van der Waals surface area (Å²) < 4.78 is 2.41. The third-order valence-electron chi connectivity index (χ3n) is 4.37. The number of hydrogen-bond acceptors (Lipinski definition) is 1. The zero-order valence-corrected chi connectivity index (χ0v) is 12.9. The normalized spacial score (nSPS) is 14.7. The van der Waals surface area contributed by atoms with Gasteiger partial charge < -0.3 is 9.88 Å². The van der Waals surface area contributed by atoms with Crippen LogP contribution in [0.1, 0.15) is 44.1 Å². The van der Waals surface area contributed by atoms with E-state index in [1.54, 1.807) is 0 Å². The second kappa shape index (κ2) is 6.95. The fourth-order valence-electron chi connectivity index (χ4n) is 2.93. The van der Waals surface area contributed by atoms with E-state index in [1.807, 2.05) is 6.08 Å². The number of unbranched alkanes of at least 4 members (excludes halogenated alkanes) is 3. The molecule has 1 aliphatic carbocycles. The van der Waals surface area contributed by atoms with Crippen molar-refractivity contribution >= 4 is 10.9 Å². The molecule has 2 nitrogen and oxygen atoms in total. The van der Waals surface area contributed by atoms with E-state index in [0.717, 1.165) is 25.6 Å². The lowest BCUT2D eigenvalue weighted by Gasteiger charge is -2.08. The summed E-state index contributed by atoms with van der Waals surface area (Å²) >= 11 is 0. The molecule has 1 N–H and O–H groups in total. The molecule has 1 fully saturated rings. The van der Waals surface area contributed by atoms with Crippen LogP contribution in [-0.4, -0.2) is 10.6 Å². The van der Waals surface area contributed by atoms with E-state index in [-0.39, 0.29) is 0 Å². The Kier molecular flexibility index (Phi) is 4.76. The van der Waals surface area contributed by atoms with Crippen molar-refractivity contribution in [2.75, 3.05) is 0 Å². The fourth-order valence-corrected chi connectivity index (χ4v) is 2.93. The van der Waals surface area contributed by atoms with Gasteiger partial charge in [-0.15, -0.1) is 6.58 Å². The molecule has 2 heteroatoms. The van der Waals surface area contributed by atoms with Crippen LogP contribution in [0.15, 0.2) is 43.1 Å². The molecule has 3 rings (SSSR count). The Morgan fingerprint density at radius 2 is 2.10 bits per heavy atom. The Labute approximate surface area is 127 Å². The average molecular weight is 282 g/mol. The van der Waals surface area contributed by atoms with Gasteiger partial charge in [0.15, 0.2) is 0 Å². The maximum atomic E-state index is 3.78. The van der Waals surface area contributed by atoms with Gasteiger partial charge >= 0.3 is 0 Å². The van der Waals surface area contributed by atoms with E-state index < -0.39 is 0 Å². The maximum Gasteiger partial charge on any atom is 0.0483 e.